The van der Waals surface area contributed by atoms with Crippen molar-refractivity contribution in [3.63, 3.8) is 0 Å². The Morgan fingerprint density at radius 2 is 1.88 bits per heavy atom. The van der Waals surface area contributed by atoms with Crippen molar-refractivity contribution in [2.24, 2.45) is 0 Å². The van der Waals surface area contributed by atoms with Gasteiger partial charge in [-0.25, -0.2) is 14.6 Å². The third-order valence-corrected chi connectivity index (χ3v) is 8.08. The lowest BCUT2D eigenvalue weighted by Gasteiger charge is -2.11. The molecule has 33 heavy (non-hydrogen) atoms. The summed E-state index contributed by atoms with van der Waals surface area (Å²) in [5.74, 6) is 9.40. The molecule has 8 nitrogen and oxygen atoms in total. The fourth-order valence-electron chi connectivity index (χ4n) is 4.27. The molecule has 4 aromatic rings. The van der Waals surface area contributed by atoms with E-state index in [-0.39, 0.29) is 6.61 Å². The monoisotopic (exact) mass is 481 g/mol. The van der Waals surface area contributed by atoms with E-state index in [1.807, 2.05) is 32.0 Å². The molecule has 4 N–H and O–H groups in total. The fourth-order valence-corrected chi connectivity index (χ4v) is 6.29. The van der Waals surface area contributed by atoms with Gasteiger partial charge in [0, 0.05) is 4.88 Å². The lowest BCUT2D eigenvalue weighted by Crippen LogP contribution is -2.16. The van der Waals surface area contributed by atoms with Crippen LogP contribution >= 0.6 is 23.1 Å². The minimum absolute atomic E-state index is 0.242. The van der Waals surface area contributed by atoms with Gasteiger partial charge >= 0.3 is 0 Å². The standard InChI is InChI=1S/C23H27N7OS2/c1-13-7-6-8-14(2)20(13)31-11-18-28-29-23(30(18)25)32-12-17-26-21(24)19-15-9-4-3-5-10-16(15)33-22(19)27-17/h6-8H,3-5,9-12,25H2,1-2H3,(H2,24,26,27). The van der Waals surface area contributed by atoms with Gasteiger partial charge in [-0.1, -0.05) is 36.4 Å². The summed E-state index contributed by atoms with van der Waals surface area (Å²) in [6.07, 6.45) is 5.90. The van der Waals surface area contributed by atoms with Crippen LogP contribution in [-0.4, -0.2) is 24.8 Å². The highest BCUT2D eigenvalue weighted by Gasteiger charge is 2.20. The molecule has 1 aliphatic carbocycles. The third kappa shape index (κ3) is 4.37. The van der Waals surface area contributed by atoms with E-state index in [1.165, 1.54) is 46.1 Å². The normalized spacial score (nSPS) is 13.8. The molecule has 5 rings (SSSR count). The summed E-state index contributed by atoms with van der Waals surface area (Å²) in [6, 6.07) is 6.05. The molecule has 0 saturated heterocycles. The number of nitrogen functional groups attached to an aromatic ring is 2. The Balaban J connectivity index is 1.29. The largest absolute Gasteiger partial charge is 0.485 e. The summed E-state index contributed by atoms with van der Waals surface area (Å²) < 4.78 is 7.44. The van der Waals surface area contributed by atoms with E-state index < -0.39 is 0 Å². The zero-order valence-corrected chi connectivity index (χ0v) is 20.4. The van der Waals surface area contributed by atoms with Gasteiger partial charge in [-0.05, 0) is 56.2 Å². The maximum atomic E-state index is 6.37. The molecule has 0 amide bonds. The average molecular weight is 482 g/mol. The number of nitrogens with two attached hydrogens (primary N) is 2. The number of aromatic nitrogens is 5. The lowest BCUT2D eigenvalue weighted by molar-refractivity contribution is 0.288. The molecule has 0 atom stereocenters. The molecule has 0 aliphatic heterocycles. The number of aryl methyl sites for hydroxylation is 4. The predicted octanol–water partition coefficient (Wildman–Crippen LogP) is 4.34. The Labute approximate surface area is 200 Å². The van der Waals surface area contributed by atoms with Crippen molar-refractivity contribution in [2.75, 3.05) is 11.6 Å². The van der Waals surface area contributed by atoms with Crippen molar-refractivity contribution in [1.82, 2.24) is 24.8 Å². The van der Waals surface area contributed by atoms with Crippen molar-refractivity contribution >= 4 is 39.1 Å². The Morgan fingerprint density at radius 3 is 2.70 bits per heavy atom. The van der Waals surface area contributed by atoms with Crippen LogP contribution < -0.4 is 16.3 Å². The van der Waals surface area contributed by atoms with E-state index in [1.54, 1.807) is 11.3 Å². The molecule has 0 saturated carbocycles. The van der Waals surface area contributed by atoms with Crippen LogP contribution in [0.4, 0.5) is 5.82 Å². The van der Waals surface area contributed by atoms with Gasteiger partial charge < -0.3 is 16.3 Å². The first kappa shape index (κ1) is 22.0. The molecule has 0 unspecified atom stereocenters. The van der Waals surface area contributed by atoms with Gasteiger partial charge in [0.15, 0.2) is 5.82 Å². The van der Waals surface area contributed by atoms with Crippen LogP contribution in [0.3, 0.4) is 0 Å². The highest BCUT2D eigenvalue weighted by Crippen LogP contribution is 2.37. The second kappa shape index (κ2) is 9.18. The first-order chi connectivity index (χ1) is 16.0. The maximum Gasteiger partial charge on any atom is 0.210 e. The first-order valence-corrected chi connectivity index (χ1v) is 12.9. The Morgan fingerprint density at radius 1 is 1.09 bits per heavy atom. The van der Waals surface area contributed by atoms with Crippen LogP contribution in [0.25, 0.3) is 10.2 Å². The third-order valence-electron chi connectivity index (χ3n) is 5.96. The van der Waals surface area contributed by atoms with Gasteiger partial charge in [-0.15, -0.1) is 21.5 Å². The summed E-state index contributed by atoms with van der Waals surface area (Å²) in [7, 11) is 0. The molecule has 0 bridgehead atoms. The highest BCUT2D eigenvalue weighted by molar-refractivity contribution is 7.98. The number of ether oxygens (including phenoxy) is 1. The van der Waals surface area contributed by atoms with Crippen molar-refractivity contribution in [2.45, 2.75) is 63.5 Å². The number of anilines is 1. The number of hydrogen-bond donors (Lipinski definition) is 2. The zero-order valence-electron chi connectivity index (χ0n) is 18.8. The number of benzene rings is 1. The topological polar surface area (TPSA) is 118 Å². The Hall–Kier alpha value is -2.85. The molecular formula is C23H27N7OS2. The molecule has 3 aromatic heterocycles. The second-order valence-electron chi connectivity index (χ2n) is 8.34. The minimum Gasteiger partial charge on any atom is -0.485 e. The van der Waals surface area contributed by atoms with E-state index in [0.29, 0.717) is 28.4 Å². The quantitative estimate of drug-likeness (QED) is 0.237. The number of para-hydroxylation sites is 1. The molecule has 0 spiro atoms. The molecule has 172 valence electrons. The summed E-state index contributed by atoms with van der Waals surface area (Å²) in [4.78, 5) is 11.8. The number of thiophene rings is 1. The number of nitrogens with zero attached hydrogens (tertiary/aromatic N) is 5. The predicted molar refractivity (Wildman–Crippen MR) is 133 cm³/mol. The SMILES string of the molecule is Cc1cccc(C)c1OCc1nnc(SCc2nc(N)c3c4c(sc3n2)CCCCC4)n1N. The average Bonchev–Trinajstić information content (AvgIpc) is 3.23. The van der Waals surface area contributed by atoms with Gasteiger partial charge in [0.2, 0.25) is 5.16 Å². The zero-order chi connectivity index (χ0) is 22.9. The van der Waals surface area contributed by atoms with Crippen LogP contribution in [0, 0.1) is 13.8 Å². The number of fused-ring (bicyclic) bond motifs is 3. The molecule has 3 heterocycles. The van der Waals surface area contributed by atoms with Crippen LogP contribution in [0.2, 0.25) is 0 Å². The molecule has 0 fully saturated rings. The van der Waals surface area contributed by atoms with Gasteiger partial charge in [0.25, 0.3) is 0 Å². The summed E-state index contributed by atoms with van der Waals surface area (Å²) >= 11 is 3.20. The lowest BCUT2D eigenvalue weighted by atomic mass is 10.1. The number of rotatable bonds is 6. The second-order valence-corrected chi connectivity index (χ2v) is 10.4. The summed E-state index contributed by atoms with van der Waals surface area (Å²) in [5.41, 5.74) is 9.88. The van der Waals surface area contributed by atoms with Crippen molar-refractivity contribution < 1.29 is 4.74 Å². The Bertz CT molecular complexity index is 1290. The Kier molecular flexibility index (Phi) is 6.11. The maximum absolute atomic E-state index is 6.37. The van der Waals surface area contributed by atoms with Crippen molar-refractivity contribution in [1.29, 1.82) is 0 Å². The van der Waals surface area contributed by atoms with E-state index in [0.717, 1.165) is 39.9 Å². The number of hydrogen-bond acceptors (Lipinski definition) is 9. The van der Waals surface area contributed by atoms with Crippen LogP contribution in [0.15, 0.2) is 23.4 Å². The van der Waals surface area contributed by atoms with E-state index in [2.05, 4.69) is 15.2 Å². The van der Waals surface area contributed by atoms with E-state index >= 15 is 0 Å². The summed E-state index contributed by atoms with van der Waals surface area (Å²) in [6.45, 7) is 4.28. The molecule has 0 radical (unpaired) electrons. The van der Waals surface area contributed by atoms with Crippen LogP contribution in [0.1, 0.15) is 52.5 Å². The van der Waals surface area contributed by atoms with Crippen molar-refractivity contribution in [3.8, 4) is 5.75 Å². The smallest absolute Gasteiger partial charge is 0.210 e. The van der Waals surface area contributed by atoms with E-state index in [9.17, 15) is 0 Å². The fraction of sp³-hybridized carbons (Fsp3) is 0.391. The highest BCUT2D eigenvalue weighted by atomic mass is 32.2. The minimum atomic E-state index is 0.242. The molecule has 1 aliphatic rings. The molecule has 1 aromatic carbocycles. The van der Waals surface area contributed by atoms with Crippen LogP contribution in [-0.2, 0) is 25.2 Å². The summed E-state index contributed by atoms with van der Waals surface area (Å²) in [5, 5.41) is 10.1. The van der Waals surface area contributed by atoms with Crippen LogP contribution in [0.5, 0.6) is 5.75 Å². The molecular weight excluding hydrogens is 454 g/mol. The number of thioether (sulfide) groups is 1. The van der Waals surface area contributed by atoms with Gasteiger partial charge in [-0.2, -0.15) is 0 Å². The van der Waals surface area contributed by atoms with Gasteiger partial charge in [-0.3, -0.25) is 0 Å². The van der Waals surface area contributed by atoms with Gasteiger partial charge in [0.1, 0.15) is 28.8 Å². The van der Waals surface area contributed by atoms with E-state index in [4.69, 9.17) is 21.3 Å². The van der Waals surface area contributed by atoms with Gasteiger partial charge in [0.05, 0.1) is 11.1 Å². The van der Waals surface area contributed by atoms with Crippen molar-refractivity contribution in [3.05, 3.63) is 51.4 Å². The first-order valence-electron chi connectivity index (χ1n) is 11.1. The molecule has 10 heteroatoms.